The van der Waals surface area contributed by atoms with Crippen LogP contribution in [-0.2, 0) is 0 Å². The quantitative estimate of drug-likeness (QED) is 0.805. The number of amides is 1. The number of hydrogen-bond acceptors (Lipinski definition) is 2. The average Bonchev–Trinajstić information content (AvgIpc) is 2.30. The molecular weight excluding hydrogens is 226 g/mol. The number of phenolic OH excluding ortho intramolecular Hbond substituents is 1. The Morgan fingerprint density at radius 3 is 2.69 bits per heavy atom. The molecule has 0 aliphatic rings. The Bertz CT molecular complexity index is 355. The van der Waals surface area contributed by atoms with Crippen molar-refractivity contribution in [3.8, 4) is 5.75 Å². The molecular formula is C12H16ClNO2. The van der Waals surface area contributed by atoms with Gasteiger partial charge in [-0.25, -0.2) is 0 Å². The summed E-state index contributed by atoms with van der Waals surface area (Å²) in [4.78, 5) is 13.7. The molecule has 1 aromatic rings. The van der Waals surface area contributed by atoms with Crippen molar-refractivity contribution in [2.45, 2.75) is 13.3 Å². The minimum absolute atomic E-state index is 0.0248. The van der Waals surface area contributed by atoms with E-state index in [4.69, 9.17) is 11.6 Å². The second kappa shape index (κ2) is 6.38. The molecule has 0 atom stereocenters. The zero-order valence-corrected chi connectivity index (χ0v) is 10.1. The molecule has 1 amide bonds. The van der Waals surface area contributed by atoms with Gasteiger partial charge in [0.05, 0.1) is 5.56 Å². The number of rotatable bonds is 5. The van der Waals surface area contributed by atoms with Gasteiger partial charge in [0.1, 0.15) is 5.75 Å². The number of hydrogen-bond donors (Lipinski definition) is 1. The summed E-state index contributed by atoms with van der Waals surface area (Å²) in [6.45, 7) is 3.14. The number of phenols is 1. The molecule has 0 aliphatic carbocycles. The van der Waals surface area contributed by atoms with E-state index in [-0.39, 0.29) is 11.7 Å². The topological polar surface area (TPSA) is 40.5 Å². The van der Waals surface area contributed by atoms with E-state index in [0.29, 0.717) is 24.5 Å². The smallest absolute Gasteiger partial charge is 0.257 e. The predicted molar refractivity (Wildman–Crippen MR) is 65.0 cm³/mol. The number of aromatic hydroxyl groups is 1. The van der Waals surface area contributed by atoms with Gasteiger partial charge in [-0.3, -0.25) is 4.79 Å². The van der Waals surface area contributed by atoms with Crippen LogP contribution in [0.1, 0.15) is 23.7 Å². The molecule has 0 heterocycles. The lowest BCUT2D eigenvalue weighted by molar-refractivity contribution is 0.0762. The molecule has 4 heteroatoms. The molecule has 0 bridgehead atoms. The number of para-hydroxylation sites is 1. The van der Waals surface area contributed by atoms with E-state index in [2.05, 4.69) is 0 Å². The number of benzene rings is 1. The standard InChI is InChI=1S/C12H16ClNO2/c1-2-14(9-5-8-13)12(16)10-6-3-4-7-11(10)15/h3-4,6-7,15H,2,5,8-9H2,1H3. The van der Waals surface area contributed by atoms with Crippen LogP contribution in [0.3, 0.4) is 0 Å². The first-order valence-corrected chi connectivity index (χ1v) is 5.87. The fourth-order valence-electron chi connectivity index (χ4n) is 1.48. The lowest BCUT2D eigenvalue weighted by Gasteiger charge is -2.20. The predicted octanol–water partition coefficient (Wildman–Crippen LogP) is 2.48. The van der Waals surface area contributed by atoms with Crippen LogP contribution in [0.4, 0.5) is 0 Å². The van der Waals surface area contributed by atoms with E-state index in [0.717, 1.165) is 6.42 Å². The normalized spacial score (nSPS) is 10.1. The molecule has 0 spiro atoms. The summed E-state index contributed by atoms with van der Waals surface area (Å²) in [5, 5.41) is 9.58. The van der Waals surface area contributed by atoms with Crippen LogP contribution in [-0.4, -0.2) is 34.9 Å². The fourth-order valence-corrected chi connectivity index (χ4v) is 1.60. The molecule has 0 aromatic heterocycles. The Morgan fingerprint density at radius 2 is 2.12 bits per heavy atom. The summed E-state index contributed by atoms with van der Waals surface area (Å²) < 4.78 is 0. The third-order valence-electron chi connectivity index (χ3n) is 2.37. The molecule has 0 radical (unpaired) electrons. The molecule has 1 rings (SSSR count). The van der Waals surface area contributed by atoms with E-state index in [1.54, 1.807) is 23.1 Å². The van der Waals surface area contributed by atoms with Gasteiger partial charge >= 0.3 is 0 Å². The van der Waals surface area contributed by atoms with Gasteiger partial charge in [-0.15, -0.1) is 11.6 Å². The van der Waals surface area contributed by atoms with Crippen molar-refractivity contribution >= 4 is 17.5 Å². The summed E-state index contributed by atoms with van der Waals surface area (Å²) in [5.74, 6) is 0.410. The van der Waals surface area contributed by atoms with Gasteiger partial charge in [-0.2, -0.15) is 0 Å². The van der Waals surface area contributed by atoms with Crippen molar-refractivity contribution in [3.05, 3.63) is 29.8 Å². The average molecular weight is 242 g/mol. The second-order valence-corrected chi connectivity index (χ2v) is 3.82. The van der Waals surface area contributed by atoms with Crippen LogP contribution < -0.4 is 0 Å². The van der Waals surface area contributed by atoms with Gasteiger partial charge in [0.25, 0.3) is 5.91 Å². The summed E-state index contributed by atoms with van der Waals surface area (Å²) in [5.41, 5.74) is 0.346. The van der Waals surface area contributed by atoms with Gasteiger partial charge in [0.2, 0.25) is 0 Å². The highest BCUT2D eigenvalue weighted by Gasteiger charge is 2.16. The molecule has 16 heavy (non-hydrogen) atoms. The summed E-state index contributed by atoms with van der Waals surface area (Å²) in [6, 6.07) is 6.58. The molecule has 0 aliphatic heterocycles. The molecule has 1 aromatic carbocycles. The highest BCUT2D eigenvalue weighted by Crippen LogP contribution is 2.17. The maximum atomic E-state index is 12.0. The minimum atomic E-state index is -0.147. The molecule has 3 nitrogen and oxygen atoms in total. The minimum Gasteiger partial charge on any atom is -0.507 e. The molecule has 0 saturated heterocycles. The van der Waals surface area contributed by atoms with Crippen molar-refractivity contribution in [1.29, 1.82) is 0 Å². The Morgan fingerprint density at radius 1 is 1.44 bits per heavy atom. The van der Waals surface area contributed by atoms with Crippen molar-refractivity contribution < 1.29 is 9.90 Å². The lowest BCUT2D eigenvalue weighted by Crippen LogP contribution is -2.32. The van der Waals surface area contributed by atoms with Gasteiger partial charge in [-0.1, -0.05) is 12.1 Å². The number of carbonyl (C=O) groups is 1. The van der Waals surface area contributed by atoms with E-state index in [1.165, 1.54) is 6.07 Å². The number of halogens is 1. The summed E-state index contributed by atoms with van der Waals surface area (Å²) >= 11 is 5.60. The van der Waals surface area contributed by atoms with Crippen LogP contribution in [0.25, 0.3) is 0 Å². The van der Waals surface area contributed by atoms with Crippen LogP contribution >= 0.6 is 11.6 Å². The first kappa shape index (κ1) is 12.8. The van der Waals surface area contributed by atoms with Gasteiger partial charge in [0, 0.05) is 19.0 Å². The van der Waals surface area contributed by atoms with E-state index in [1.807, 2.05) is 6.92 Å². The van der Waals surface area contributed by atoms with Crippen LogP contribution in [0.5, 0.6) is 5.75 Å². The first-order chi connectivity index (χ1) is 7.70. The van der Waals surface area contributed by atoms with Crippen molar-refractivity contribution in [3.63, 3.8) is 0 Å². The largest absolute Gasteiger partial charge is 0.507 e. The maximum Gasteiger partial charge on any atom is 0.257 e. The third kappa shape index (κ3) is 3.14. The molecule has 0 saturated carbocycles. The van der Waals surface area contributed by atoms with Crippen molar-refractivity contribution in [2.75, 3.05) is 19.0 Å². The third-order valence-corrected chi connectivity index (χ3v) is 2.63. The monoisotopic (exact) mass is 241 g/mol. The van der Waals surface area contributed by atoms with Crippen LogP contribution in [0.15, 0.2) is 24.3 Å². The SMILES string of the molecule is CCN(CCCCl)C(=O)c1ccccc1O. The summed E-state index contributed by atoms with van der Waals surface area (Å²) in [6.07, 6.45) is 0.759. The molecule has 0 unspecified atom stereocenters. The van der Waals surface area contributed by atoms with E-state index in [9.17, 15) is 9.90 Å². The highest BCUT2D eigenvalue weighted by atomic mass is 35.5. The maximum absolute atomic E-state index is 12.0. The Balaban J connectivity index is 2.79. The lowest BCUT2D eigenvalue weighted by atomic mass is 10.1. The molecule has 1 N–H and O–H groups in total. The van der Waals surface area contributed by atoms with E-state index < -0.39 is 0 Å². The second-order valence-electron chi connectivity index (χ2n) is 3.44. The highest BCUT2D eigenvalue weighted by molar-refractivity contribution is 6.17. The summed E-state index contributed by atoms with van der Waals surface area (Å²) in [7, 11) is 0. The Kier molecular flexibility index (Phi) is 5.12. The molecule has 88 valence electrons. The van der Waals surface area contributed by atoms with Gasteiger partial charge < -0.3 is 10.0 Å². The number of carbonyl (C=O) groups excluding carboxylic acids is 1. The number of alkyl halides is 1. The van der Waals surface area contributed by atoms with Crippen LogP contribution in [0.2, 0.25) is 0 Å². The fraction of sp³-hybridized carbons (Fsp3) is 0.417. The van der Waals surface area contributed by atoms with Crippen molar-refractivity contribution in [1.82, 2.24) is 4.90 Å². The van der Waals surface area contributed by atoms with Crippen molar-refractivity contribution in [2.24, 2.45) is 0 Å². The van der Waals surface area contributed by atoms with Gasteiger partial charge in [-0.05, 0) is 25.5 Å². The van der Waals surface area contributed by atoms with Gasteiger partial charge in [0.15, 0.2) is 0 Å². The number of nitrogens with zero attached hydrogens (tertiary/aromatic N) is 1. The first-order valence-electron chi connectivity index (χ1n) is 5.34. The zero-order chi connectivity index (χ0) is 12.0. The Hall–Kier alpha value is -1.22. The van der Waals surface area contributed by atoms with Crippen LogP contribution in [0, 0.1) is 0 Å². The molecule has 0 fully saturated rings. The Labute approximate surface area is 101 Å². The zero-order valence-electron chi connectivity index (χ0n) is 9.32. The van der Waals surface area contributed by atoms with E-state index >= 15 is 0 Å².